The molecule has 3 rings (SSSR count). The van der Waals surface area contributed by atoms with Gasteiger partial charge in [0.15, 0.2) is 5.78 Å². The van der Waals surface area contributed by atoms with Crippen LogP contribution in [-0.4, -0.2) is 108 Å². The second-order valence-electron chi connectivity index (χ2n) is 7.07. The van der Waals surface area contributed by atoms with Gasteiger partial charge in [0.1, 0.15) is 32.0 Å². The molecule has 0 radical (unpaired) electrons. The summed E-state index contributed by atoms with van der Waals surface area (Å²) in [6, 6.07) is 0. The average molecular weight is 417 g/mol. The third-order valence-electron chi connectivity index (χ3n) is 5.18. The first-order chi connectivity index (χ1) is 14.0. The lowest BCUT2D eigenvalue weighted by Crippen LogP contribution is -2.69. The van der Waals surface area contributed by atoms with Crippen LogP contribution in [0, 0.1) is 5.92 Å². The van der Waals surface area contributed by atoms with Gasteiger partial charge in [0.05, 0.1) is 26.4 Å². The number of piperidine rings is 3. The van der Waals surface area contributed by atoms with Crippen LogP contribution in [-0.2, 0) is 42.8 Å². The van der Waals surface area contributed by atoms with Gasteiger partial charge in [-0.1, -0.05) is 0 Å². The van der Waals surface area contributed by atoms with E-state index in [0.717, 1.165) is 12.8 Å². The molecule has 3 saturated heterocycles. The first kappa shape index (κ1) is 23.7. The van der Waals surface area contributed by atoms with E-state index >= 15 is 0 Å². The molecule has 0 unspecified atom stereocenters. The van der Waals surface area contributed by atoms with E-state index < -0.39 is 17.5 Å². The third-order valence-corrected chi connectivity index (χ3v) is 5.18. The molecule has 0 N–H and O–H groups in total. The summed E-state index contributed by atoms with van der Waals surface area (Å²) >= 11 is 0. The lowest BCUT2D eigenvalue weighted by Gasteiger charge is -2.51. The van der Waals surface area contributed by atoms with Gasteiger partial charge in [-0.15, -0.1) is 0 Å². The fourth-order valence-corrected chi connectivity index (χ4v) is 3.55. The molecule has 2 bridgehead atoms. The summed E-state index contributed by atoms with van der Waals surface area (Å²) in [6.07, 6.45) is 1.53. The molecule has 0 atom stereocenters. The Labute approximate surface area is 170 Å². The average Bonchev–Trinajstić information content (AvgIpc) is 2.74. The van der Waals surface area contributed by atoms with Crippen LogP contribution < -0.4 is 0 Å². The Hall–Kier alpha value is -1.59. The molecule has 3 fully saturated rings. The zero-order valence-corrected chi connectivity index (χ0v) is 17.2. The van der Waals surface area contributed by atoms with Crippen molar-refractivity contribution in [2.75, 3.05) is 80.2 Å². The third kappa shape index (κ3) is 6.71. The van der Waals surface area contributed by atoms with Crippen molar-refractivity contribution in [3.63, 3.8) is 0 Å². The van der Waals surface area contributed by atoms with Gasteiger partial charge in [-0.2, -0.15) is 0 Å². The summed E-state index contributed by atoms with van der Waals surface area (Å²) in [5.74, 6) is -1.31. The Balaban J connectivity index is 1.90. The largest absolute Gasteiger partial charge is 0.461 e. The molecule has 10 heteroatoms. The van der Waals surface area contributed by atoms with E-state index in [0.29, 0.717) is 26.3 Å². The minimum absolute atomic E-state index is 0.0452. The van der Waals surface area contributed by atoms with Crippen LogP contribution in [0.3, 0.4) is 0 Å². The molecule has 0 aromatic heterocycles. The molecule has 3 heterocycles. The zero-order chi connectivity index (χ0) is 21.1. The van der Waals surface area contributed by atoms with Crippen LogP contribution in [0.5, 0.6) is 0 Å². The highest BCUT2D eigenvalue weighted by Gasteiger charge is 2.54. The van der Waals surface area contributed by atoms with Gasteiger partial charge in [-0.05, 0) is 12.8 Å². The predicted octanol–water partition coefficient (Wildman–Crippen LogP) is -0.568. The van der Waals surface area contributed by atoms with E-state index in [1.807, 2.05) is 4.90 Å². The molecular weight excluding hydrogens is 386 g/mol. The maximum Gasteiger partial charge on any atom is 0.332 e. The molecule has 0 amide bonds. The maximum atomic E-state index is 13.0. The normalized spacial score (nSPS) is 22.5. The van der Waals surface area contributed by atoms with E-state index in [-0.39, 0.29) is 51.3 Å². The van der Waals surface area contributed by atoms with Gasteiger partial charge in [-0.3, -0.25) is 9.69 Å². The number of esters is 2. The molecule has 10 nitrogen and oxygen atoms in total. The Morgan fingerprint density at radius 2 is 1.38 bits per heavy atom. The smallest absolute Gasteiger partial charge is 0.332 e. The van der Waals surface area contributed by atoms with Crippen molar-refractivity contribution in [1.82, 2.24) is 4.90 Å². The second-order valence-corrected chi connectivity index (χ2v) is 7.07. The zero-order valence-electron chi connectivity index (χ0n) is 17.2. The number of methoxy groups -OCH3 is 2. The molecule has 166 valence electrons. The van der Waals surface area contributed by atoms with Gasteiger partial charge in [-0.25, -0.2) is 9.59 Å². The number of carbonyl (C=O) groups is 3. The van der Waals surface area contributed by atoms with E-state index in [1.165, 1.54) is 14.2 Å². The van der Waals surface area contributed by atoms with Gasteiger partial charge >= 0.3 is 11.9 Å². The first-order valence-electron chi connectivity index (χ1n) is 9.77. The van der Waals surface area contributed by atoms with Crippen molar-refractivity contribution in [3.8, 4) is 0 Å². The van der Waals surface area contributed by atoms with E-state index in [2.05, 4.69) is 0 Å². The minimum Gasteiger partial charge on any atom is -0.461 e. The molecule has 0 saturated carbocycles. The summed E-state index contributed by atoms with van der Waals surface area (Å²) in [7, 11) is 3.07. The van der Waals surface area contributed by atoms with Crippen LogP contribution in [0.4, 0.5) is 0 Å². The quantitative estimate of drug-likeness (QED) is 0.269. The Bertz CT molecular complexity index is 518. The van der Waals surface area contributed by atoms with E-state index in [4.69, 9.17) is 28.4 Å². The molecule has 0 spiro atoms. The lowest BCUT2D eigenvalue weighted by atomic mass is 9.74. The van der Waals surface area contributed by atoms with Crippen molar-refractivity contribution in [1.29, 1.82) is 0 Å². The van der Waals surface area contributed by atoms with Crippen LogP contribution in [0.2, 0.25) is 0 Å². The first-order valence-corrected chi connectivity index (χ1v) is 9.77. The number of Topliss-reactive ketones (excluding diaryl/α,β-unsaturated/α-hetero) is 1. The van der Waals surface area contributed by atoms with Gasteiger partial charge in [0.2, 0.25) is 0 Å². The lowest BCUT2D eigenvalue weighted by molar-refractivity contribution is -0.175. The van der Waals surface area contributed by atoms with Crippen LogP contribution in [0.1, 0.15) is 12.8 Å². The Morgan fingerprint density at radius 1 is 0.897 bits per heavy atom. The molecular formula is C19H31NO9. The van der Waals surface area contributed by atoms with Gasteiger partial charge in [0.25, 0.3) is 0 Å². The number of rotatable bonds is 14. The van der Waals surface area contributed by atoms with E-state index in [1.54, 1.807) is 0 Å². The fourth-order valence-electron chi connectivity index (χ4n) is 3.55. The maximum absolute atomic E-state index is 13.0. The number of carbonyl (C=O) groups excluding carboxylic acids is 3. The number of nitrogens with zero attached hydrogens (tertiary/aromatic N) is 1. The van der Waals surface area contributed by atoms with Crippen molar-refractivity contribution in [3.05, 3.63) is 0 Å². The number of hydrogen-bond acceptors (Lipinski definition) is 10. The van der Waals surface area contributed by atoms with Gasteiger partial charge < -0.3 is 28.4 Å². The van der Waals surface area contributed by atoms with Crippen molar-refractivity contribution in [2.24, 2.45) is 5.92 Å². The number of hydrogen-bond donors (Lipinski definition) is 0. The standard InChI is InChI=1S/C19H31NO9/c1-24-7-9-26-11-16(21)28-13-19(14-29-17(22)12-27-10-8-25-2)18(23)15-3-5-20(19)6-4-15/h15H,3-14H2,1-2H3. The predicted molar refractivity (Wildman–Crippen MR) is 99.3 cm³/mol. The van der Waals surface area contributed by atoms with E-state index in [9.17, 15) is 14.4 Å². The number of fused-ring (bicyclic) bond motifs is 3. The second kappa shape index (κ2) is 12.2. The summed E-state index contributed by atoms with van der Waals surface area (Å²) in [4.78, 5) is 38.9. The molecule has 3 aliphatic heterocycles. The minimum atomic E-state index is -1.15. The summed E-state index contributed by atoms with van der Waals surface area (Å²) in [5.41, 5.74) is -1.15. The highest BCUT2D eigenvalue weighted by atomic mass is 16.6. The summed E-state index contributed by atoms with van der Waals surface area (Å²) in [6.45, 7) is 1.85. The van der Waals surface area contributed by atoms with Crippen LogP contribution >= 0.6 is 0 Å². The van der Waals surface area contributed by atoms with Crippen molar-refractivity contribution >= 4 is 17.7 Å². The molecule has 29 heavy (non-hydrogen) atoms. The monoisotopic (exact) mass is 417 g/mol. The van der Waals surface area contributed by atoms with Crippen LogP contribution in [0.15, 0.2) is 0 Å². The SMILES string of the molecule is COCCOCC(=O)OCC1(COC(=O)COCCOC)C(=O)C2CCN1CC2. The summed E-state index contributed by atoms with van der Waals surface area (Å²) < 4.78 is 30.6. The topological polar surface area (TPSA) is 110 Å². The Morgan fingerprint density at radius 3 is 1.79 bits per heavy atom. The molecule has 0 aliphatic carbocycles. The highest BCUT2D eigenvalue weighted by Crippen LogP contribution is 2.37. The Kier molecular flexibility index (Phi) is 9.95. The molecule has 3 aliphatic rings. The molecule has 0 aromatic rings. The van der Waals surface area contributed by atoms with Crippen molar-refractivity contribution in [2.45, 2.75) is 18.4 Å². The van der Waals surface area contributed by atoms with Crippen LogP contribution in [0.25, 0.3) is 0 Å². The molecule has 0 aromatic carbocycles. The number of ether oxygens (including phenoxy) is 6. The highest BCUT2D eigenvalue weighted by molar-refractivity contribution is 5.93. The van der Waals surface area contributed by atoms with Crippen molar-refractivity contribution < 1.29 is 42.8 Å². The van der Waals surface area contributed by atoms with Gasteiger partial charge in [0, 0.05) is 33.2 Å². The fraction of sp³-hybridized carbons (Fsp3) is 0.842. The number of ketones is 1. The summed E-state index contributed by atoms with van der Waals surface area (Å²) in [5, 5.41) is 0.